The van der Waals surface area contributed by atoms with Gasteiger partial charge in [0.05, 0.1) is 33.5 Å². The zero-order valence-corrected chi connectivity index (χ0v) is 49.6. The number of rotatable bonds is 21. The molecule has 0 unspecified atom stereocenters. The molecule has 0 saturated heterocycles. The van der Waals surface area contributed by atoms with Crippen molar-refractivity contribution in [2.24, 2.45) is 0 Å². The molecule has 2 N–H and O–H groups in total. The van der Waals surface area contributed by atoms with E-state index in [4.69, 9.17) is 18.9 Å². The molecule has 0 spiro atoms. The monoisotopic (exact) mass is 1150 g/mol. The second kappa shape index (κ2) is 24.5. The van der Waals surface area contributed by atoms with Crippen LogP contribution in [0.5, 0.6) is 0 Å². The molecule has 8 aromatic carbocycles. The summed E-state index contributed by atoms with van der Waals surface area (Å²) in [4.78, 5) is 29.9. The molecule has 12 heteroatoms. The van der Waals surface area contributed by atoms with Gasteiger partial charge in [0.15, 0.2) is 0 Å². The zero-order chi connectivity index (χ0) is 58.6. The Morgan fingerprint density at radius 1 is 0.659 bits per heavy atom. The Hall–Kier alpha value is -9.28. The van der Waals surface area contributed by atoms with E-state index in [-0.39, 0.29) is 27.9 Å². The molecule has 3 heterocycles. The van der Waals surface area contributed by atoms with Gasteiger partial charge in [-0.15, -0.1) is 11.3 Å². The SMILES string of the molecule is CCCCCCCCCCCCc1cc(-c2ccc(-c3c(N)c4ccc(N(c5ccc(C=C(c6ccccc6)c6ccccc6)cc5)c5ccc6c(c5)C(C)(C)c5ccccc5-6)cc4oc3=O)c3nsnc23)sc1-c1ccc([N+](=O)[O-])cc1C#N. The van der Waals surface area contributed by atoms with Gasteiger partial charge in [-0.25, -0.2) is 4.79 Å². The van der Waals surface area contributed by atoms with Gasteiger partial charge in [-0.2, -0.15) is 14.0 Å². The van der Waals surface area contributed by atoms with Crippen LogP contribution in [0.4, 0.5) is 28.4 Å². The number of nitrogens with two attached hydrogens (primary N) is 1. The number of thiophene rings is 1. The molecular formula is C73H64N6O4S2. The van der Waals surface area contributed by atoms with Gasteiger partial charge >= 0.3 is 5.63 Å². The van der Waals surface area contributed by atoms with Crippen molar-refractivity contribution in [3.63, 3.8) is 0 Å². The minimum atomic E-state index is -0.601. The van der Waals surface area contributed by atoms with Crippen LogP contribution in [0.15, 0.2) is 191 Å². The number of nitrogens with zero attached hydrogens (tertiary/aromatic N) is 5. The maximum Gasteiger partial charge on any atom is 0.346 e. The molecule has 0 bridgehead atoms. The van der Waals surface area contributed by atoms with Crippen molar-refractivity contribution in [2.45, 2.75) is 96.8 Å². The van der Waals surface area contributed by atoms with Gasteiger partial charge in [0.2, 0.25) is 0 Å². The number of aryl methyl sites for hydroxylation is 1. The van der Waals surface area contributed by atoms with Crippen molar-refractivity contribution in [1.29, 1.82) is 5.26 Å². The number of nitrogen functional groups attached to an aromatic ring is 1. The summed E-state index contributed by atoms with van der Waals surface area (Å²) < 4.78 is 15.9. The first-order valence-electron chi connectivity index (χ1n) is 29.4. The highest BCUT2D eigenvalue weighted by Crippen LogP contribution is 2.51. The Kier molecular flexibility index (Phi) is 16.2. The van der Waals surface area contributed by atoms with Gasteiger partial charge < -0.3 is 15.1 Å². The summed E-state index contributed by atoms with van der Waals surface area (Å²) >= 11 is 2.58. The summed E-state index contributed by atoms with van der Waals surface area (Å²) in [6.07, 6.45) is 15.1. The van der Waals surface area contributed by atoms with Crippen LogP contribution in [-0.4, -0.2) is 13.7 Å². The minimum absolute atomic E-state index is 0.128. The standard InChI is InChI=1S/C73H64N6O4S2/c1-4-5-6-7-8-9-10-11-12-15-26-50-43-66(84-71(50)56-36-35-55(79(81)82)42-51(56)46-74)60-39-40-61(70-69(60)76-85-77-70)67-68(75)59-38-34-54(45-65(59)83-72(67)80)78(53-33-37-58-57-27-20-21-28-63(57)73(2,3)64(58)44-53)52-31-29-47(30-32-52)41-62(48-22-16-13-17-23-48)49-24-18-14-19-25-49/h13-14,16-25,27-45H,4-12,15,26,75H2,1-3H3. The molecule has 12 rings (SSSR count). The third kappa shape index (κ3) is 11.2. The highest BCUT2D eigenvalue weighted by molar-refractivity contribution is 7.19. The van der Waals surface area contributed by atoms with Crippen LogP contribution in [0.25, 0.3) is 76.8 Å². The first-order chi connectivity index (χ1) is 41.5. The maximum absolute atomic E-state index is 14.6. The van der Waals surface area contributed by atoms with Crippen LogP contribution in [0.2, 0.25) is 0 Å². The highest BCUT2D eigenvalue weighted by Gasteiger charge is 2.36. The summed E-state index contributed by atoms with van der Waals surface area (Å²) in [6.45, 7) is 6.80. The van der Waals surface area contributed by atoms with Crippen molar-refractivity contribution in [3.8, 4) is 49.2 Å². The Bertz CT molecular complexity index is 4380. The fourth-order valence-corrected chi connectivity index (χ4v) is 14.2. The highest BCUT2D eigenvalue weighted by atomic mass is 32.1. The quantitative estimate of drug-likeness (QED) is 0.0244. The lowest BCUT2D eigenvalue weighted by molar-refractivity contribution is -0.384. The Balaban J connectivity index is 0.896. The van der Waals surface area contributed by atoms with E-state index in [1.54, 1.807) is 6.07 Å². The third-order valence-electron chi connectivity index (χ3n) is 16.8. The van der Waals surface area contributed by atoms with Crippen LogP contribution in [0.3, 0.4) is 0 Å². The third-order valence-corrected chi connectivity index (χ3v) is 18.6. The number of hydrogen-bond acceptors (Lipinski definition) is 11. The molecule has 0 fully saturated rings. The van der Waals surface area contributed by atoms with E-state index in [0.29, 0.717) is 33.1 Å². The van der Waals surface area contributed by atoms with Crippen molar-refractivity contribution < 1.29 is 9.34 Å². The molecule has 11 aromatic rings. The summed E-state index contributed by atoms with van der Waals surface area (Å²) in [6, 6.07) is 63.3. The van der Waals surface area contributed by atoms with Gasteiger partial charge in [-0.05, 0) is 118 Å². The molecule has 0 saturated carbocycles. The lowest BCUT2D eigenvalue weighted by Crippen LogP contribution is -2.16. The van der Waals surface area contributed by atoms with E-state index in [0.717, 1.165) is 97.6 Å². The number of non-ortho nitro benzene ring substituents is 1. The van der Waals surface area contributed by atoms with E-state index < -0.39 is 10.5 Å². The maximum atomic E-state index is 14.6. The number of nitro groups is 1. The van der Waals surface area contributed by atoms with Crippen molar-refractivity contribution in [1.82, 2.24) is 8.75 Å². The molecular weight excluding hydrogens is 1090 g/mol. The molecule has 0 amide bonds. The normalized spacial score (nSPS) is 12.3. The number of nitro benzene ring substituents is 1. The summed E-state index contributed by atoms with van der Waals surface area (Å²) in [5.74, 6) is 0. The predicted molar refractivity (Wildman–Crippen MR) is 351 cm³/mol. The van der Waals surface area contributed by atoms with Gasteiger partial charge in [0.1, 0.15) is 22.7 Å². The van der Waals surface area contributed by atoms with Gasteiger partial charge in [0, 0.05) is 72.5 Å². The zero-order valence-electron chi connectivity index (χ0n) is 47.9. The van der Waals surface area contributed by atoms with Gasteiger partial charge in [-0.1, -0.05) is 194 Å². The molecule has 1 aliphatic rings. The minimum Gasteiger partial charge on any atom is -0.422 e. The number of anilines is 4. The molecule has 0 aliphatic heterocycles. The van der Waals surface area contributed by atoms with Crippen molar-refractivity contribution >= 4 is 85.2 Å². The number of fused-ring (bicyclic) bond motifs is 5. The van der Waals surface area contributed by atoms with E-state index in [1.165, 1.54) is 90.7 Å². The average Bonchev–Trinajstić information content (AvgIpc) is 1.99. The largest absolute Gasteiger partial charge is 0.422 e. The van der Waals surface area contributed by atoms with Gasteiger partial charge in [-0.3, -0.25) is 10.1 Å². The lowest BCUT2D eigenvalue weighted by Gasteiger charge is -2.28. The predicted octanol–water partition coefficient (Wildman–Crippen LogP) is 20.1. The van der Waals surface area contributed by atoms with E-state index in [9.17, 15) is 20.2 Å². The number of benzene rings is 8. The number of hydrogen-bond donors (Lipinski definition) is 1. The van der Waals surface area contributed by atoms with E-state index in [1.807, 2.05) is 42.5 Å². The second-order valence-electron chi connectivity index (χ2n) is 22.6. The fraction of sp³-hybridized carbons (Fsp3) is 0.205. The van der Waals surface area contributed by atoms with Crippen molar-refractivity contribution in [3.05, 3.63) is 241 Å². The number of unbranched alkanes of at least 4 members (excludes halogenated alkanes) is 9. The molecule has 0 atom stereocenters. The van der Waals surface area contributed by atoms with Crippen LogP contribution in [0, 0.1) is 21.4 Å². The number of nitriles is 1. The lowest BCUT2D eigenvalue weighted by atomic mass is 9.82. The Morgan fingerprint density at radius 3 is 1.94 bits per heavy atom. The molecule has 1 aliphatic carbocycles. The Labute approximate surface area is 503 Å². The molecule has 422 valence electrons. The van der Waals surface area contributed by atoms with Gasteiger partial charge in [0.25, 0.3) is 5.69 Å². The molecule has 0 radical (unpaired) electrons. The molecule has 3 aromatic heterocycles. The smallest absolute Gasteiger partial charge is 0.346 e. The molecule has 85 heavy (non-hydrogen) atoms. The topological polar surface area (TPSA) is 152 Å². The Morgan fingerprint density at radius 2 is 1.25 bits per heavy atom. The van der Waals surface area contributed by atoms with E-state index in [2.05, 4.69) is 159 Å². The van der Waals surface area contributed by atoms with Crippen LogP contribution in [0.1, 0.15) is 124 Å². The van der Waals surface area contributed by atoms with Crippen LogP contribution < -0.4 is 16.3 Å². The molecule has 10 nitrogen and oxygen atoms in total. The summed E-state index contributed by atoms with van der Waals surface area (Å²) in [5.41, 5.74) is 23.4. The summed E-state index contributed by atoms with van der Waals surface area (Å²) in [5, 5.41) is 22.6. The first-order valence-corrected chi connectivity index (χ1v) is 31.0. The van der Waals surface area contributed by atoms with Crippen LogP contribution >= 0.6 is 23.1 Å². The second-order valence-corrected chi connectivity index (χ2v) is 24.2. The van der Waals surface area contributed by atoms with E-state index >= 15 is 0 Å². The summed E-state index contributed by atoms with van der Waals surface area (Å²) in [7, 11) is 0. The average molecular weight is 1150 g/mol. The fourth-order valence-electron chi connectivity index (χ4n) is 12.3. The van der Waals surface area contributed by atoms with Crippen molar-refractivity contribution in [2.75, 3.05) is 10.6 Å². The number of aromatic nitrogens is 2. The van der Waals surface area contributed by atoms with Crippen LogP contribution in [-0.2, 0) is 11.8 Å². The first kappa shape index (κ1) is 56.2.